The summed E-state index contributed by atoms with van der Waals surface area (Å²) in [5.74, 6) is 0. The van der Waals surface area contributed by atoms with Gasteiger partial charge in [-0.05, 0) is 0 Å². The Morgan fingerprint density at radius 2 is 1.00 bits per heavy atom. The van der Waals surface area contributed by atoms with E-state index in [1.165, 1.54) is 0 Å². The van der Waals surface area contributed by atoms with Crippen molar-refractivity contribution in [2.45, 2.75) is 18.7 Å². The minimum atomic E-state index is -2.93. The summed E-state index contributed by atoms with van der Waals surface area (Å²) in [6.45, 7) is 2.96. The third-order valence-electron chi connectivity index (χ3n) is 4.20. The van der Waals surface area contributed by atoms with Gasteiger partial charge in [-0.15, -0.1) is 0 Å². The van der Waals surface area contributed by atoms with Gasteiger partial charge in [-0.3, -0.25) is 0 Å². The standard InChI is InChI=1S/3C5H5.C2H5O.Sn/c3*1-2-4-5-3-1;1-2-3;/h3*1-5H;2H2,1H3;/q;;;-1;+1. The van der Waals surface area contributed by atoms with Gasteiger partial charge in [-0.2, -0.15) is 0 Å². The molecule has 3 aliphatic carbocycles. The predicted octanol–water partition coefficient (Wildman–Crippen LogP) is 4.46. The van der Waals surface area contributed by atoms with Crippen molar-refractivity contribution in [3.8, 4) is 0 Å². The number of hydrogen-bond donors (Lipinski definition) is 0. The van der Waals surface area contributed by atoms with Crippen molar-refractivity contribution in [3.63, 3.8) is 0 Å². The van der Waals surface area contributed by atoms with Crippen molar-refractivity contribution < 1.29 is 3.07 Å². The molecule has 3 rings (SSSR count). The number of allylic oxidation sites excluding steroid dienone is 12. The second kappa shape index (κ2) is 5.68. The Labute approximate surface area is 120 Å². The molecule has 2 heteroatoms. The van der Waals surface area contributed by atoms with E-state index in [-0.39, 0.29) is 0 Å². The molecule has 0 heterocycles. The van der Waals surface area contributed by atoms with Gasteiger partial charge in [0.2, 0.25) is 0 Å². The fourth-order valence-corrected chi connectivity index (χ4v) is 17.3. The SMILES string of the molecule is CC[O][Sn]([CH]1C=CC=C1)([CH]1C=CC=C1)[CH]1C=CC=C1. The van der Waals surface area contributed by atoms with Gasteiger partial charge in [0.25, 0.3) is 0 Å². The predicted molar refractivity (Wildman–Crippen MR) is 83.5 cm³/mol. The monoisotopic (exact) mass is 360 g/mol. The molecule has 0 aromatic heterocycles. The minimum absolute atomic E-state index is 0.532. The topological polar surface area (TPSA) is 9.23 Å². The zero-order valence-corrected chi connectivity index (χ0v) is 14.1. The Morgan fingerprint density at radius 1 is 0.684 bits per heavy atom. The molecule has 0 spiro atoms. The maximum atomic E-state index is 6.58. The molecule has 0 atom stereocenters. The first kappa shape index (κ1) is 13.2. The zero-order chi connectivity index (χ0) is 13.1. The van der Waals surface area contributed by atoms with Gasteiger partial charge in [0.15, 0.2) is 0 Å². The quantitative estimate of drug-likeness (QED) is 0.659. The van der Waals surface area contributed by atoms with Crippen molar-refractivity contribution in [1.29, 1.82) is 0 Å². The summed E-state index contributed by atoms with van der Waals surface area (Å²) in [4.78, 5) is 0. The van der Waals surface area contributed by atoms with Crippen LogP contribution in [0.1, 0.15) is 6.92 Å². The summed E-state index contributed by atoms with van der Waals surface area (Å²) in [7, 11) is 0. The zero-order valence-electron chi connectivity index (χ0n) is 11.3. The molecule has 0 bridgehead atoms. The Bertz CT molecular complexity index is 402. The van der Waals surface area contributed by atoms with Crippen LogP contribution < -0.4 is 0 Å². The fraction of sp³-hybridized carbons (Fsp3) is 0.294. The average molecular weight is 359 g/mol. The molecule has 0 aromatic carbocycles. The Hall–Kier alpha value is -0.801. The molecule has 0 amide bonds. The Kier molecular flexibility index (Phi) is 3.94. The molecule has 19 heavy (non-hydrogen) atoms. The van der Waals surface area contributed by atoms with E-state index in [4.69, 9.17) is 3.07 Å². The van der Waals surface area contributed by atoms with Crippen molar-refractivity contribution in [1.82, 2.24) is 0 Å². The molecule has 0 saturated carbocycles. The van der Waals surface area contributed by atoms with Gasteiger partial charge < -0.3 is 0 Å². The summed E-state index contributed by atoms with van der Waals surface area (Å²) in [6, 6.07) is 0. The molecule has 0 N–H and O–H groups in total. The van der Waals surface area contributed by atoms with E-state index in [0.29, 0.717) is 11.8 Å². The van der Waals surface area contributed by atoms with E-state index in [1.807, 2.05) is 0 Å². The summed E-state index contributed by atoms with van der Waals surface area (Å²) in [6.07, 6.45) is 27.2. The van der Waals surface area contributed by atoms with E-state index in [1.54, 1.807) is 0 Å². The first-order valence-corrected chi connectivity index (χ1v) is 13.2. The van der Waals surface area contributed by atoms with Gasteiger partial charge >= 0.3 is 120 Å². The maximum absolute atomic E-state index is 6.58. The van der Waals surface area contributed by atoms with Crippen LogP contribution >= 0.6 is 0 Å². The van der Waals surface area contributed by atoms with Gasteiger partial charge in [0.05, 0.1) is 0 Å². The van der Waals surface area contributed by atoms with E-state index < -0.39 is 18.8 Å². The second-order valence-corrected chi connectivity index (χ2v) is 16.6. The van der Waals surface area contributed by atoms with Gasteiger partial charge in [0, 0.05) is 0 Å². The van der Waals surface area contributed by atoms with E-state index >= 15 is 0 Å². The van der Waals surface area contributed by atoms with Crippen LogP contribution in [0, 0.1) is 0 Å². The number of hydrogen-bond acceptors (Lipinski definition) is 1. The Balaban J connectivity index is 2.04. The van der Waals surface area contributed by atoms with E-state index in [9.17, 15) is 0 Å². The first-order chi connectivity index (χ1) is 9.38. The summed E-state index contributed by atoms with van der Waals surface area (Å²) in [5.41, 5.74) is 0. The van der Waals surface area contributed by atoms with Crippen LogP contribution in [0.25, 0.3) is 0 Å². The normalized spacial score (nSPS) is 22.6. The van der Waals surface area contributed by atoms with Crippen LogP contribution in [0.4, 0.5) is 0 Å². The summed E-state index contributed by atoms with van der Waals surface area (Å²) < 4.78 is 8.18. The van der Waals surface area contributed by atoms with Crippen LogP contribution in [0.15, 0.2) is 72.9 Å². The molecule has 0 saturated heterocycles. The van der Waals surface area contributed by atoms with E-state index in [0.717, 1.165) is 6.61 Å². The third kappa shape index (κ3) is 2.23. The van der Waals surface area contributed by atoms with Gasteiger partial charge in [-0.1, -0.05) is 0 Å². The van der Waals surface area contributed by atoms with E-state index in [2.05, 4.69) is 79.8 Å². The van der Waals surface area contributed by atoms with Crippen molar-refractivity contribution >= 4 is 18.8 Å². The molecule has 0 unspecified atom stereocenters. The van der Waals surface area contributed by atoms with Crippen molar-refractivity contribution in [3.05, 3.63) is 72.9 Å². The van der Waals surface area contributed by atoms with Crippen molar-refractivity contribution in [2.75, 3.05) is 6.61 Å². The molecular weight excluding hydrogens is 339 g/mol. The molecule has 0 radical (unpaired) electrons. The van der Waals surface area contributed by atoms with Crippen LogP contribution in [0.5, 0.6) is 0 Å². The molecule has 0 aromatic rings. The molecular formula is C17H20OSn. The van der Waals surface area contributed by atoms with Gasteiger partial charge in [0.1, 0.15) is 0 Å². The third-order valence-corrected chi connectivity index (χ3v) is 18.7. The fourth-order valence-electron chi connectivity index (χ4n) is 3.40. The number of rotatable bonds is 5. The Morgan fingerprint density at radius 3 is 1.26 bits per heavy atom. The summed E-state index contributed by atoms with van der Waals surface area (Å²) >= 11 is -2.93. The van der Waals surface area contributed by atoms with Crippen LogP contribution in [-0.4, -0.2) is 25.4 Å². The molecule has 1 nitrogen and oxygen atoms in total. The first-order valence-electron chi connectivity index (χ1n) is 7.07. The van der Waals surface area contributed by atoms with Crippen LogP contribution in [0.3, 0.4) is 0 Å². The molecule has 0 fully saturated rings. The molecule has 0 aliphatic heterocycles. The van der Waals surface area contributed by atoms with Crippen LogP contribution in [0.2, 0.25) is 11.8 Å². The molecule has 3 aliphatic rings. The average Bonchev–Trinajstić information content (AvgIpc) is 3.18. The van der Waals surface area contributed by atoms with Gasteiger partial charge in [-0.25, -0.2) is 0 Å². The summed E-state index contributed by atoms with van der Waals surface area (Å²) in [5, 5.41) is 0. The van der Waals surface area contributed by atoms with Crippen LogP contribution in [-0.2, 0) is 3.07 Å². The second-order valence-electron chi connectivity index (χ2n) is 5.17. The molecule has 98 valence electrons. The van der Waals surface area contributed by atoms with Crippen molar-refractivity contribution in [2.24, 2.45) is 0 Å².